The van der Waals surface area contributed by atoms with E-state index in [4.69, 9.17) is 40.0 Å². The molecule has 0 fully saturated rings. The van der Waals surface area contributed by atoms with E-state index >= 15 is 0 Å². The molecular weight excluding hydrogens is 411 g/mol. The van der Waals surface area contributed by atoms with Crippen LogP contribution in [0, 0.1) is 0 Å². The van der Waals surface area contributed by atoms with Gasteiger partial charge in [-0.1, -0.05) is 11.6 Å². The highest BCUT2D eigenvalue weighted by Crippen LogP contribution is 2.25. The third-order valence-corrected chi connectivity index (χ3v) is 3.78. The fraction of sp³-hybridized carbons (Fsp3) is 0. The quantitative estimate of drug-likeness (QED) is 0.594. The average molecular weight is 420 g/mol. The van der Waals surface area contributed by atoms with Crippen LogP contribution in [0.15, 0.2) is 53.4 Å². The predicted molar refractivity (Wildman–Crippen MR) is 88.4 cm³/mol. The Morgan fingerprint density at radius 1 is 0.783 bits per heavy atom. The molecule has 0 saturated heterocycles. The lowest BCUT2D eigenvalue weighted by molar-refractivity contribution is 0.482. The number of benzene rings is 2. The molecule has 0 bridgehead atoms. The van der Waals surface area contributed by atoms with Crippen LogP contribution in [0.3, 0.4) is 0 Å². The Kier molecular flexibility index (Phi) is 7.12. The van der Waals surface area contributed by atoms with Gasteiger partial charge in [0, 0.05) is 26.4 Å². The van der Waals surface area contributed by atoms with Gasteiger partial charge in [-0.05, 0) is 48.5 Å². The van der Waals surface area contributed by atoms with Crippen LogP contribution in [-0.4, -0.2) is 21.4 Å². The summed E-state index contributed by atoms with van der Waals surface area (Å²) < 4.78 is 52.8. The molecule has 0 saturated carbocycles. The molecule has 0 aromatic heterocycles. The summed E-state index contributed by atoms with van der Waals surface area (Å²) in [6.45, 7) is 0. The summed E-state index contributed by atoms with van der Waals surface area (Å²) in [5.74, 6) is 1.13. The topological polar surface area (TPSA) is 97.7 Å². The third-order valence-electron chi connectivity index (χ3n) is 2.15. The van der Waals surface area contributed by atoms with Gasteiger partial charge in [-0.15, -0.1) is 0 Å². The van der Waals surface area contributed by atoms with Crippen LogP contribution in [0.1, 0.15) is 0 Å². The first-order chi connectivity index (χ1) is 10.4. The number of rotatable bonds is 3. The Labute approximate surface area is 147 Å². The maximum absolute atomic E-state index is 11.0. The van der Waals surface area contributed by atoms with Gasteiger partial charge in [-0.2, -0.15) is 8.42 Å². The lowest BCUT2D eigenvalue weighted by Gasteiger charge is -2.05. The van der Waals surface area contributed by atoms with Gasteiger partial charge in [-0.25, -0.2) is 8.42 Å². The minimum Gasteiger partial charge on any atom is -0.457 e. The van der Waals surface area contributed by atoms with E-state index in [1.807, 2.05) is 0 Å². The molecule has 0 radical (unpaired) electrons. The van der Waals surface area contributed by atoms with Gasteiger partial charge in [-0.3, -0.25) is 4.55 Å². The molecule has 0 atom stereocenters. The van der Waals surface area contributed by atoms with Crippen molar-refractivity contribution in [3.63, 3.8) is 0 Å². The van der Waals surface area contributed by atoms with Gasteiger partial charge in [0.15, 0.2) is 0 Å². The second-order valence-electron chi connectivity index (χ2n) is 3.88. The molecule has 0 unspecified atom stereocenters. The fourth-order valence-corrected chi connectivity index (χ4v) is 2.20. The minimum absolute atomic E-state index is 0.0348. The molecule has 0 aliphatic rings. The van der Waals surface area contributed by atoms with Gasteiger partial charge in [0.2, 0.25) is 0 Å². The van der Waals surface area contributed by atoms with Crippen molar-refractivity contribution in [2.24, 2.45) is 0 Å². The zero-order valence-electron chi connectivity index (χ0n) is 11.1. The Morgan fingerprint density at radius 3 is 1.48 bits per heavy atom. The van der Waals surface area contributed by atoms with Crippen LogP contribution in [0.2, 0.25) is 5.02 Å². The van der Waals surface area contributed by atoms with Crippen molar-refractivity contribution >= 4 is 51.3 Å². The summed E-state index contributed by atoms with van der Waals surface area (Å²) in [5.41, 5.74) is 0. The first-order valence-electron chi connectivity index (χ1n) is 5.60. The van der Waals surface area contributed by atoms with Crippen LogP contribution in [0.25, 0.3) is 0 Å². The van der Waals surface area contributed by atoms with Crippen molar-refractivity contribution < 1.29 is 26.1 Å². The number of ether oxygens (including phenoxy) is 1. The molecule has 2 aromatic carbocycles. The summed E-state index contributed by atoms with van der Waals surface area (Å²) in [7, 11) is 1.37. The van der Waals surface area contributed by atoms with Crippen molar-refractivity contribution in [1.29, 1.82) is 0 Å². The van der Waals surface area contributed by atoms with E-state index in [-0.39, 0.29) is 4.90 Å². The predicted octanol–water partition coefficient (Wildman–Crippen LogP) is 4.09. The van der Waals surface area contributed by atoms with Gasteiger partial charge in [0.05, 0.1) is 4.90 Å². The van der Waals surface area contributed by atoms with Crippen molar-refractivity contribution in [2.45, 2.75) is 4.90 Å². The zero-order chi connectivity index (χ0) is 17.7. The summed E-state index contributed by atoms with van der Waals surface area (Å²) in [5, 5.41) is 0.617. The van der Waals surface area contributed by atoms with Crippen LogP contribution < -0.4 is 4.74 Å². The van der Waals surface area contributed by atoms with Crippen LogP contribution in [0.4, 0.5) is 0 Å². The smallest absolute Gasteiger partial charge is 0.353 e. The maximum Gasteiger partial charge on any atom is 0.353 e. The molecule has 0 aliphatic carbocycles. The van der Waals surface area contributed by atoms with E-state index in [1.165, 1.54) is 24.3 Å². The molecule has 0 spiro atoms. The van der Waals surface area contributed by atoms with Crippen molar-refractivity contribution in [3.05, 3.63) is 53.6 Å². The Bertz CT molecular complexity index is 839. The number of halogens is 3. The molecule has 6 nitrogen and oxygen atoms in total. The Hall–Kier alpha value is -1.03. The van der Waals surface area contributed by atoms with Gasteiger partial charge >= 0.3 is 9.33 Å². The average Bonchev–Trinajstić information content (AvgIpc) is 2.39. The van der Waals surface area contributed by atoms with E-state index in [1.54, 1.807) is 24.3 Å². The second-order valence-corrected chi connectivity index (χ2v) is 8.87. The van der Waals surface area contributed by atoms with E-state index in [2.05, 4.69) is 10.7 Å². The third kappa shape index (κ3) is 8.99. The molecule has 0 amide bonds. The Morgan fingerprint density at radius 2 is 1.13 bits per heavy atom. The van der Waals surface area contributed by atoms with E-state index in [0.717, 1.165) is 0 Å². The van der Waals surface area contributed by atoms with Gasteiger partial charge in [0.25, 0.3) is 9.05 Å². The fourth-order valence-electron chi connectivity index (χ4n) is 1.31. The van der Waals surface area contributed by atoms with Crippen molar-refractivity contribution in [1.82, 2.24) is 0 Å². The second kappa shape index (κ2) is 8.18. The number of hydrogen-bond acceptors (Lipinski definition) is 5. The summed E-state index contributed by atoms with van der Waals surface area (Å²) in [6.07, 6.45) is 0. The first-order valence-corrected chi connectivity index (χ1v) is 10.6. The molecule has 0 heterocycles. The summed E-state index contributed by atoms with van der Waals surface area (Å²) in [4.78, 5) is 0.0348. The number of hydrogen-bond donors (Lipinski definition) is 1. The van der Waals surface area contributed by atoms with Crippen molar-refractivity contribution in [2.75, 3.05) is 0 Å². The first kappa shape index (κ1) is 20.0. The minimum atomic E-state index is -4.19. The SMILES string of the molecule is O=S(=O)(Cl)c1ccc(Oc2ccc(Cl)cc2)cc1.O=S(=O)(O)Cl. The largest absolute Gasteiger partial charge is 0.457 e. The van der Waals surface area contributed by atoms with E-state index in [0.29, 0.717) is 16.5 Å². The van der Waals surface area contributed by atoms with Crippen LogP contribution in [-0.2, 0) is 18.4 Å². The Balaban J connectivity index is 0.000000463. The van der Waals surface area contributed by atoms with Gasteiger partial charge in [0.1, 0.15) is 11.5 Å². The molecule has 2 rings (SSSR count). The molecular formula is C12H9Cl3O6S2. The molecule has 11 heteroatoms. The summed E-state index contributed by atoms with van der Waals surface area (Å²) in [6, 6.07) is 12.7. The van der Waals surface area contributed by atoms with Crippen LogP contribution >= 0.6 is 33.0 Å². The van der Waals surface area contributed by atoms with E-state index < -0.39 is 18.4 Å². The highest BCUT2D eigenvalue weighted by Gasteiger charge is 2.09. The molecule has 1 N–H and O–H groups in total. The molecule has 2 aromatic rings. The normalized spacial score (nSPS) is 11.3. The highest BCUT2D eigenvalue weighted by atomic mass is 35.7. The maximum atomic E-state index is 11.0. The highest BCUT2D eigenvalue weighted by molar-refractivity contribution is 8.13. The standard InChI is InChI=1S/C12H8Cl2O3S.ClHO3S/c13-9-1-3-10(4-2-9)17-11-5-7-12(8-6-11)18(14,15)16;1-5(2,3)4/h1-8H;(H,2,3,4). The zero-order valence-corrected chi connectivity index (χ0v) is 15.0. The molecule has 23 heavy (non-hydrogen) atoms. The monoisotopic (exact) mass is 418 g/mol. The molecule has 126 valence electrons. The molecule has 0 aliphatic heterocycles. The lowest BCUT2D eigenvalue weighted by Crippen LogP contribution is -1.90. The van der Waals surface area contributed by atoms with E-state index in [9.17, 15) is 8.42 Å². The summed E-state index contributed by atoms with van der Waals surface area (Å²) >= 11 is 5.75. The van der Waals surface area contributed by atoms with Gasteiger partial charge < -0.3 is 4.74 Å². The lowest BCUT2D eigenvalue weighted by atomic mass is 10.3. The van der Waals surface area contributed by atoms with Crippen LogP contribution in [0.5, 0.6) is 11.5 Å². The van der Waals surface area contributed by atoms with Crippen molar-refractivity contribution in [3.8, 4) is 11.5 Å².